The number of carbonyl (C=O) groups is 3. The molecule has 0 fully saturated rings. The van der Waals surface area contributed by atoms with E-state index in [4.69, 9.17) is 4.74 Å². The van der Waals surface area contributed by atoms with Crippen molar-refractivity contribution >= 4 is 34.6 Å². The first-order valence-corrected chi connectivity index (χ1v) is 12.9. The van der Waals surface area contributed by atoms with Gasteiger partial charge >= 0.3 is 6.09 Å². The average molecular weight is 553 g/mol. The molecule has 12 heteroatoms. The Kier molecular flexibility index (Phi) is 10.6. The van der Waals surface area contributed by atoms with Crippen molar-refractivity contribution in [2.75, 3.05) is 26.5 Å². The molecule has 0 aliphatic heterocycles. The highest BCUT2D eigenvalue weighted by molar-refractivity contribution is 5.96. The van der Waals surface area contributed by atoms with Crippen LogP contribution in [0.5, 0.6) is 0 Å². The zero-order chi connectivity index (χ0) is 29.2. The van der Waals surface area contributed by atoms with Crippen LogP contribution in [0.2, 0.25) is 0 Å². The number of aromatic amines is 1. The van der Waals surface area contributed by atoms with Crippen LogP contribution >= 0.6 is 0 Å². The van der Waals surface area contributed by atoms with Gasteiger partial charge < -0.3 is 34.6 Å². The Morgan fingerprint density at radius 2 is 1.95 bits per heavy atom. The van der Waals surface area contributed by atoms with Crippen LogP contribution in [0.3, 0.4) is 0 Å². The fourth-order valence-electron chi connectivity index (χ4n) is 3.79. The number of hydrogen-bond donors (Lipinski definition) is 3. The summed E-state index contributed by atoms with van der Waals surface area (Å²) in [5.41, 5.74) is 2.15. The quantitative estimate of drug-likeness (QED) is 0.293. The van der Waals surface area contributed by atoms with Gasteiger partial charge in [0.25, 0.3) is 5.56 Å². The molecule has 1 unspecified atom stereocenters. The van der Waals surface area contributed by atoms with Crippen molar-refractivity contribution in [2.24, 2.45) is 0 Å². The molecule has 0 bridgehead atoms. The van der Waals surface area contributed by atoms with Crippen LogP contribution in [0.15, 0.2) is 53.5 Å². The number of imidazole rings is 1. The van der Waals surface area contributed by atoms with E-state index in [1.165, 1.54) is 28.7 Å². The van der Waals surface area contributed by atoms with Gasteiger partial charge in [0.1, 0.15) is 17.6 Å². The van der Waals surface area contributed by atoms with Gasteiger partial charge in [0.2, 0.25) is 11.8 Å². The predicted octanol–water partition coefficient (Wildman–Crippen LogP) is 2.79. The standard InChI is InChI=1S/C28H36N6O6/c1-18(2)40-17-19-10-8-12-20-25(19)32-23(29-20)16-34-15-9-13-22(27(34)37)30-26(36)21(31-28(38)39-5)11-6-7-14-24(35)33(3)4/h7-10,12-15,18,21H,6,11,16-17H2,1-5H3,(H,29,32)(H,30,36)(H,31,38). The second-order valence-electron chi connectivity index (χ2n) is 9.60. The van der Waals surface area contributed by atoms with Crippen LogP contribution < -0.4 is 16.2 Å². The predicted molar refractivity (Wildman–Crippen MR) is 151 cm³/mol. The molecule has 214 valence electrons. The van der Waals surface area contributed by atoms with Gasteiger partial charge in [-0.1, -0.05) is 18.2 Å². The number of ether oxygens (including phenoxy) is 2. The summed E-state index contributed by atoms with van der Waals surface area (Å²) in [6, 6.07) is 7.90. The summed E-state index contributed by atoms with van der Waals surface area (Å²) in [7, 11) is 4.44. The second kappa shape index (κ2) is 14.1. The third-order valence-corrected chi connectivity index (χ3v) is 5.93. The molecule has 1 atom stereocenters. The molecule has 0 saturated carbocycles. The van der Waals surface area contributed by atoms with Crippen LogP contribution in [0.4, 0.5) is 10.5 Å². The van der Waals surface area contributed by atoms with Gasteiger partial charge in [-0.3, -0.25) is 14.4 Å². The molecule has 3 aromatic rings. The first-order valence-electron chi connectivity index (χ1n) is 12.9. The van der Waals surface area contributed by atoms with Crippen molar-refractivity contribution in [1.29, 1.82) is 0 Å². The van der Waals surface area contributed by atoms with Gasteiger partial charge in [0.15, 0.2) is 0 Å². The van der Waals surface area contributed by atoms with Gasteiger partial charge in [-0.05, 0) is 51.0 Å². The minimum absolute atomic E-state index is 0.0460. The number of benzene rings is 1. The molecule has 0 radical (unpaired) electrons. The monoisotopic (exact) mass is 552 g/mol. The maximum Gasteiger partial charge on any atom is 0.407 e. The lowest BCUT2D eigenvalue weighted by atomic mass is 10.1. The summed E-state index contributed by atoms with van der Waals surface area (Å²) in [5.74, 6) is -0.218. The van der Waals surface area contributed by atoms with Crippen molar-refractivity contribution in [3.8, 4) is 0 Å². The maximum atomic E-state index is 13.2. The van der Waals surface area contributed by atoms with Gasteiger partial charge in [0, 0.05) is 25.9 Å². The molecular weight excluding hydrogens is 516 g/mol. The normalized spacial score (nSPS) is 12.1. The third-order valence-electron chi connectivity index (χ3n) is 5.93. The fourth-order valence-corrected chi connectivity index (χ4v) is 3.79. The number of allylic oxidation sites excluding steroid dienone is 1. The lowest BCUT2D eigenvalue weighted by Crippen LogP contribution is -2.44. The number of para-hydroxylation sites is 1. The molecule has 2 aromatic heterocycles. The number of amides is 3. The van der Waals surface area contributed by atoms with E-state index in [1.807, 2.05) is 32.0 Å². The minimum atomic E-state index is -0.999. The number of pyridine rings is 1. The van der Waals surface area contributed by atoms with Gasteiger partial charge in [-0.2, -0.15) is 0 Å². The topological polar surface area (TPSA) is 148 Å². The van der Waals surface area contributed by atoms with Crippen LogP contribution in [-0.2, 0) is 32.2 Å². The Hall–Kier alpha value is -4.45. The fraction of sp³-hybridized carbons (Fsp3) is 0.393. The number of H-pyrrole nitrogens is 1. The van der Waals surface area contributed by atoms with E-state index in [0.717, 1.165) is 16.6 Å². The molecule has 3 rings (SSSR count). The number of anilines is 1. The third kappa shape index (κ3) is 8.27. The van der Waals surface area contributed by atoms with E-state index >= 15 is 0 Å². The zero-order valence-corrected chi connectivity index (χ0v) is 23.4. The number of methoxy groups -OCH3 is 1. The number of rotatable bonds is 12. The zero-order valence-electron chi connectivity index (χ0n) is 23.4. The molecule has 2 heterocycles. The van der Waals surface area contributed by atoms with Crippen molar-refractivity contribution in [1.82, 2.24) is 24.8 Å². The SMILES string of the molecule is COC(=O)NC(CCC=CC(=O)N(C)C)C(=O)Nc1cccn(Cc2nc3c(COC(C)C)cccc3[nH]2)c1=O. The molecule has 0 spiro atoms. The number of nitrogens with zero attached hydrogens (tertiary/aromatic N) is 3. The number of hydrogen-bond acceptors (Lipinski definition) is 7. The minimum Gasteiger partial charge on any atom is -0.453 e. The molecule has 0 saturated heterocycles. The van der Waals surface area contributed by atoms with E-state index in [9.17, 15) is 19.2 Å². The first kappa shape index (κ1) is 30.1. The summed E-state index contributed by atoms with van der Waals surface area (Å²) in [6.07, 6.45) is 4.41. The summed E-state index contributed by atoms with van der Waals surface area (Å²) in [4.78, 5) is 59.1. The molecule has 12 nitrogen and oxygen atoms in total. The van der Waals surface area contributed by atoms with Crippen LogP contribution in [0, 0.1) is 0 Å². The molecule has 1 aromatic carbocycles. The Balaban J connectivity index is 1.74. The van der Waals surface area contributed by atoms with E-state index in [1.54, 1.807) is 32.4 Å². The van der Waals surface area contributed by atoms with Crippen molar-refractivity contribution in [3.63, 3.8) is 0 Å². The second-order valence-corrected chi connectivity index (χ2v) is 9.60. The molecular formula is C28H36N6O6. The molecule has 0 aliphatic rings. The Morgan fingerprint density at radius 1 is 1.18 bits per heavy atom. The lowest BCUT2D eigenvalue weighted by Gasteiger charge is -2.17. The summed E-state index contributed by atoms with van der Waals surface area (Å²) in [5, 5.41) is 5.08. The molecule has 3 amide bonds. The summed E-state index contributed by atoms with van der Waals surface area (Å²) < 4.78 is 11.8. The highest BCUT2D eigenvalue weighted by atomic mass is 16.5. The summed E-state index contributed by atoms with van der Waals surface area (Å²) in [6.45, 7) is 4.50. The lowest BCUT2D eigenvalue weighted by molar-refractivity contribution is -0.123. The average Bonchev–Trinajstić information content (AvgIpc) is 3.34. The molecule has 40 heavy (non-hydrogen) atoms. The number of nitrogens with one attached hydrogen (secondary N) is 3. The smallest absolute Gasteiger partial charge is 0.407 e. The highest BCUT2D eigenvalue weighted by Crippen LogP contribution is 2.18. The Morgan fingerprint density at radius 3 is 2.65 bits per heavy atom. The van der Waals surface area contributed by atoms with Crippen molar-refractivity contribution < 1.29 is 23.9 Å². The van der Waals surface area contributed by atoms with Gasteiger partial charge in [0.05, 0.1) is 37.4 Å². The molecule has 3 N–H and O–H groups in total. The van der Waals surface area contributed by atoms with E-state index in [-0.39, 0.29) is 30.7 Å². The summed E-state index contributed by atoms with van der Waals surface area (Å²) >= 11 is 0. The van der Waals surface area contributed by atoms with Crippen LogP contribution in [-0.4, -0.2) is 70.7 Å². The first-order chi connectivity index (χ1) is 19.1. The van der Waals surface area contributed by atoms with Crippen molar-refractivity contribution in [3.05, 3.63) is 70.4 Å². The number of fused-ring (bicyclic) bond motifs is 1. The number of aromatic nitrogens is 3. The highest BCUT2D eigenvalue weighted by Gasteiger charge is 2.22. The van der Waals surface area contributed by atoms with Crippen molar-refractivity contribution in [2.45, 2.75) is 52.0 Å². The van der Waals surface area contributed by atoms with Crippen LogP contribution in [0.1, 0.15) is 38.1 Å². The van der Waals surface area contributed by atoms with Gasteiger partial charge in [-0.15, -0.1) is 0 Å². The maximum absolute atomic E-state index is 13.2. The van der Waals surface area contributed by atoms with E-state index in [2.05, 4.69) is 25.3 Å². The largest absolute Gasteiger partial charge is 0.453 e. The number of alkyl carbamates (subject to hydrolysis) is 1. The van der Waals surface area contributed by atoms with E-state index < -0.39 is 23.6 Å². The van der Waals surface area contributed by atoms with Crippen LogP contribution in [0.25, 0.3) is 11.0 Å². The Labute approximate surface area is 232 Å². The number of carbonyl (C=O) groups excluding carboxylic acids is 3. The number of likely N-dealkylation sites (N-methyl/N-ethyl adjacent to an activating group) is 1. The Bertz CT molecular complexity index is 1420. The molecule has 0 aliphatic carbocycles. The van der Waals surface area contributed by atoms with Gasteiger partial charge in [-0.25, -0.2) is 9.78 Å². The van der Waals surface area contributed by atoms with E-state index in [0.29, 0.717) is 18.9 Å².